The van der Waals surface area contributed by atoms with Crippen LogP contribution in [0.3, 0.4) is 0 Å². The number of nitro benzene ring substituents is 1. The Hall–Kier alpha value is -1.86. The highest BCUT2D eigenvalue weighted by Crippen LogP contribution is 2.37. The molecule has 0 aromatic heterocycles. The third-order valence-electron chi connectivity index (χ3n) is 4.17. The quantitative estimate of drug-likeness (QED) is 0.346. The summed E-state index contributed by atoms with van der Waals surface area (Å²) in [5, 5.41) is 10.7. The molecule has 7 heteroatoms. The van der Waals surface area contributed by atoms with Crippen molar-refractivity contribution in [3.63, 3.8) is 0 Å². The normalized spacial score (nSPS) is 19.2. The number of non-ortho nitro benzene ring substituents is 1. The maximum absolute atomic E-state index is 10.7. The second-order valence-corrected chi connectivity index (χ2v) is 6.46. The third kappa shape index (κ3) is 4.33. The highest BCUT2D eigenvalue weighted by molar-refractivity contribution is 6.46. The Labute approximate surface area is 136 Å². The summed E-state index contributed by atoms with van der Waals surface area (Å²) < 4.78 is 17.2. The van der Waals surface area contributed by atoms with E-state index in [2.05, 4.69) is 0 Å². The number of nitrogens with zero attached hydrogens (tertiary/aromatic N) is 1. The number of nitro groups is 1. The summed E-state index contributed by atoms with van der Waals surface area (Å²) in [5.41, 5.74) is -0.639. The number of ether oxygens (including phenoxy) is 1. The molecule has 0 amide bonds. The molecule has 0 unspecified atom stereocenters. The maximum Gasteiger partial charge on any atom is 0.461 e. The van der Waals surface area contributed by atoms with Crippen molar-refractivity contribution >= 4 is 12.8 Å². The lowest BCUT2D eigenvalue weighted by Gasteiger charge is -2.32. The Balaban J connectivity index is 1.78. The summed E-state index contributed by atoms with van der Waals surface area (Å²) >= 11 is 0. The highest BCUT2D eigenvalue weighted by Gasteiger charge is 2.50. The smallest absolute Gasteiger partial charge is 0.461 e. The van der Waals surface area contributed by atoms with Crippen molar-refractivity contribution < 1.29 is 19.0 Å². The van der Waals surface area contributed by atoms with Gasteiger partial charge in [0.15, 0.2) is 0 Å². The molecule has 0 aliphatic carbocycles. The molecule has 1 aromatic carbocycles. The monoisotopic (exact) mass is 319 g/mol. The fraction of sp³-hybridized carbons (Fsp3) is 0.500. The van der Waals surface area contributed by atoms with Crippen LogP contribution in [0.2, 0.25) is 6.32 Å². The van der Waals surface area contributed by atoms with Gasteiger partial charge >= 0.3 is 7.12 Å². The zero-order valence-electron chi connectivity index (χ0n) is 13.9. The first-order valence-corrected chi connectivity index (χ1v) is 7.59. The molecule has 1 aromatic rings. The van der Waals surface area contributed by atoms with Crippen molar-refractivity contribution in [2.45, 2.75) is 45.2 Å². The van der Waals surface area contributed by atoms with E-state index in [0.29, 0.717) is 18.7 Å². The van der Waals surface area contributed by atoms with Crippen molar-refractivity contribution in [1.29, 1.82) is 0 Å². The largest absolute Gasteiger partial charge is 0.489 e. The molecule has 0 bridgehead atoms. The average molecular weight is 319 g/mol. The molecular formula is C16H22BNO5. The zero-order valence-corrected chi connectivity index (χ0v) is 13.9. The fourth-order valence-corrected chi connectivity index (χ4v) is 2.17. The van der Waals surface area contributed by atoms with Gasteiger partial charge in [0.1, 0.15) is 12.4 Å². The van der Waals surface area contributed by atoms with Crippen molar-refractivity contribution in [2.24, 2.45) is 0 Å². The fourth-order valence-electron chi connectivity index (χ4n) is 2.17. The first-order chi connectivity index (χ1) is 10.7. The van der Waals surface area contributed by atoms with Gasteiger partial charge in [-0.05, 0) is 33.8 Å². The van der Waals surface area contributed by atoms with Gasteiger partial charge in [-0.25, -0.2) is 0 Å². The first-order valence-electron chi connectivity index (χ1n) is 7.59. The lowest BCUT2D eigenvalue weighted by atomic mass is 9.85. The summed E-state index contributed by atoms with van der Waals surface area (Å²) in [6, 6.07) is 6.12. The molecule has 6 nitrogen and oxygen atoms in total. The van der Waals surface area contributed by atoms with Crippen LogP contribution in [0.25, 0.3) is 0 Å². The molecule has 1 saturated heterocycles. The van der Waals surface area contributed by atoms with E-state index in [4.69, 9.17) is 14.0 Å². The van der Waals surface area contributed by atoms with Crippen LogP contribution in [0.4, 0.5) is 5.69 Å². The standard InChI is InChI=1S/C16H22BNO5/c1-15(2)16(3,4)23-17(22-15)10-5-6-11-21-14-9-7-8-13(12-14)18(19)20/h5-9,12H,10-11H2,1-4H3/b6-5+. The molecule has 23 heavy (non-hydrogen) atoms. The van der Waals surface area contributed by atoms with Gasteiger partial charge in [-0.1, -0.05) is 18.2 Å². The summed E-state index contributed by atoms with van der Waals surface area (Å²) in [6.45, 7) is 8.40. The van der Waals surface area contributed by atoms with Crippen LogP contribution in [0.15, 0.2) is 36.4 Å². The molecule has 0 radical (unpaired) electrons. The second-order valence-electron chi connectivity index (χ2n) is 6.46. The van der Waals surface area contributed by atoms with E-state index in [0.717, 1.165) is 0 Å². The number of hydrogen-bond donors (Lipinski definition) is 0. The van der Waals surface area contributed by atoms with Crippen LogP contribution in [-0.2, 0) is 9.31 Å². The highest BCUT2D eigenvalue weighted by atomic mass is 16.7. The second kappa shape index (κ2) is 6.72. The minimum atomic E-state index is -0.443. The van der Waals surface area contributed by atoms with Gasteiger partial charge in [-0.15, -0.1) is 0 Å². The van der Waals surface area contributed by atoms with Gasteiger partial charge < -0.3 is 14.0 Å². The minimum absolute atomic E-state index is 0.0173. The van der Waals surface area contributed by atoms with Gasteiger partial charge in [0.05, 0.1) is 22.2 Å². The maximum atomic E-state index is 10.7. The van der Waals surface area contributed by atoms with Crippen molar-refractivity contribution in [3.05, 3.63) is 46.5 Å². The predicted molar refractivity (Wildman–Crippen MR) is 88.6 cm³/mol. The number of benzene rings is 1. The Morgan fingerprint density at radius 3 is 2.48 bits per heavy atom. The zero-order chi connectivity index (χ0) is 17.1. The summed E-state index contributed by atoms with van der Waals surface area (Å²) in [6.07, 6.45) is 4.41. The number of hydrogen-bond acceptors (Lipinski definition) is 5. The first kappa shape index (κ1) is 17.5. The van der Waals surface area contributed by atoms with E-state index in [1.807, 2.05) is 39.8 Å². The summed E-state index contributed by atoms with van der Waals surface area (Å²) in [7, 11) is -0.269. The molecule has 1 fully saturated rings. The van der Waals surface area contributed by atoms with Crippen LogP contribution in [0.1, 0.15) is 27.7 Å². The van der Waals surface area contributed by atoms with Crippen LogP contribution < -0.4 is 4.74 Å². The van der Waals surface area contributed by atoms with Crippen LogP contribution in [-0.4, -0.2) is 29.9 Å². The summed E-state index contributed by atoms with van der Waals surface area (Å²) in [4.78, 5) is 10.2. The molecule has 0 N–H and O–H groups in total. The molecule has 0 spiro atoms. The molecule has 1 aliphatic heterocycles. The van der Waals surface area contributed by atoms with E-state index in [1.165, 1.54) is 12.1 Å². The van der Waals surface area contributed by atoms with Gasteiger partial charge in [0, 0.05) is 12.4 Å². The predicted octanol–water partition coefficient (Wildman–Crippen LogP) is 3.62. The van der Waals surface area contributed by atoms with Gasteiger partial charge in [-0.3, -0.25) is 10.1 Å². The third-order valence-corrected chi connectivity index (χ3v) is 4.17. The van der Waals surface area contributed by atoms with E-state index in [9.17, 15) is 10.1 Å². The Kier molecular flexibility index (Phi) is 5.11. The summed E-state index contributed by atoms with van der Waals surface area (Å²) in [5.74, 6) is 0.472. The molecule has 1 aliphatic rings. The lowest BCUT2D eigenvalue weighted by molar-refractivity contribution is -0.384. The van der Waals surface area contributed by atoms with E-state index >= 15 is 0 Å². The molecule has 2 rings (SSSR count). The molecule has 0 saturated carbocycles. The SMILES string of the molecule is CC1(C)OB(C/C=C/COc2cccc([N+](=O)[O-])c2)OC1(C)C. The molecular weight excluding hydrogens is 297 g/mol. The van der Waals surface area contributed by atoms with E-state index in [1.54, 1.807) is 12.1 Å². The van der Waals surface area contributed by atoms with Crippen molar-refractivity contribution in [3.8, 4) is 5.75 Å². The molecule has 0 atom stereocenters. The Morgan fingerprint density at radius 1 is 1.22 bits per heavy atom. The van der Waals surface area contributed by atoms with Crippen LogP contribution >= 0.6 is 0 Å². The lowest BCUT2D eigenvalue weighted by Crippen LogP contribution is -2.41. The van der Waals surface area contributed by atoms with Gasteiger partial charge in [0.2, 0.25) is 0 Å². The average Bonchev–Trinajstić information content (AvgIpc) is 2.66. The van der Waals surface area contributed by atoms with E-state index in [-0.39, 0.29) is 24.0 Å². The van der Waals surface area contributed by atoms with Crippen molar-refractivity contribution in [2.75, 3.05) is 6.61 Å². The van der Waals surface area contributed by atoms with Gasteiger partial charge in [0.25, 0.3) is 5.69 Å². The Morgan fingerprint density at radius 2 is 1.87 bits per heavy atom. The molecule has 124 valence electrons. The van der Waals surface area contributed by atoms with Crippen LogP contribution in [0.5, 0.6) is 5.75 Å². The Bertz CT molecular complexity index is 584. The van der Waals surface area contributed by atoms with Crippen molar-refractivity contribution in [1.82, 2.24) is 0 Å². The number of rotatable bonds is 6. The van der Waals surface area contributed by atoms with Crippen LogP contribution in [0, 0.1) is 10.1 Å². The minimum Gasteiger partial charge on any atom is -0.489 e. The topological polar surface area (TPSA) is 70.8 Å². The van der Waals surface area contributed by atoms with Gasteiger partial charge in [-0.2, -0.15) is 0 Å². The molecule has 1 heterocycles. The van der Waals surface area contributed by atoms with E-state index < -0.39 is 4.92 Å². The number of allylic oxidation sites excluding steroid dienone is 1.